The van der Waals surface area contributed by atoms with Crippen molar-refractivity contribution in [3.05, 3.63) is 0 Å². The van der Waals surface area contributed by atoms with Crippen molar-refractivity contribution in [2.45, 2.75) is 91.5 Å². The molecule has 0 heterocycles. The van der Waals surface area contributed by atoms with Crippen molar-refractivity contribution in [3.63, 3.8) is 0 Å². The Morgan fingerprint density at radius 3 is 1.88 bits per heavy atom. The second kappa shape index (κ2) is 16.7. The molecule has 0 saturated heterocycles. The molecular weight excluding hydrogens is 310 g/mol. The first-order chi connectivity index (χ1) is 12.2. The summed E-state index contributed by atoms with van der Waals surface area (Å²) in [5.74, 6) is 0.646. The first-order valence-corrected chi connectivity index (χ1v) is 10.4. The minimum Gasteiger partial charge on any atom is -0.330 e. The molecule has 0 radical (unpaired) electrons. The molecule has 0 amide bonds. The zero-order valence-corrected chi connectivity index (χ0v) is 17.2. The third kappa shape index (κ3) is 10.7. The zero-order chi connectivity index (χ0) is 18.9. The highest BCUT2D eigenvalue weighted by Crippen LogP contribution is 2.19. The molecule has 25 heavy (non-hydrogen) atoms. The fraction of sp³-hybridized carbons (Fsp3) is 0.900. The third-order valence-electron chi connectivity index (χ3n) is 4.58. The van der Waals surface area contributed by atoms with Gasteiger partial charge in [-0.25, -0.2) is 0 Å². The first kappa shape index (κ1) is 24.2. The maximum atomic E-state index is 5.83. The highest BCUT2D eigenvalue weighted by atomic mass is 15.0. The predicted molar refractivity (Wildman–Crippen MR) is 113 cm³/mol. The van der Waals surface area contributed by atoms with E-state index in [2.05, 4.69) is 38.0 Å². The molecule has 0 aliphatic rings. The summed E-state index contributed by atoms with van der Waals surface area (Å²) in [5, 5.41) is 3.69. The van der Waals surface area contributed by atoms with E-state index in [1.807, 2.05) is 0 Å². The van der Waals surface area contributed by atoms with Crippen LogP contribution >= 0.6 is 0 Å². The van der Waals surface area contributed by atoms with E-state index in [9.17, 15) is 0 Å². The molecule has 0 fully saturated rings. The molecule has 0 aromatic rings. The average molecular weight is 354 g/mol. The number of aliphatic imine (C=N–C) groups is 2. The average Bonchev–Trinajstić information content (AvgIpc) is 2.60. The standard InChI is InChI=1S/C20H43N5/c1-5-9-17(13-14-21)18(10-6-2)24-16-25-20(12-8-4)19(11-7-3)23-15-22/h17-18,24H,5-16,21-22H2,1-4H3. The molecule has 5 heteroatoms. The number of nitrogens with one attached hydrogen (secondary N) is 1. The van der Waals surface area contributed by atoms with Gasteiger partial charge in [0.25, 0.3) is 0 Å². The number of rotatable bonds is 16. The molecule has 0 aromatic heterocycles. The maximum Gasteiger partial charge on any atom is 0.0890 e. The Kier molecular flexibility index (Phi) is 16.2. The molecule has 0 aliphatic heterocycles. The maximum absolute atomic E-state index is 5.83. The Morgan fingerprint density at radius 1 is 0.800 bits per heavy atom. The van der Waals surface area contributed by atoms with Gasteiger partial charge in [-0.05, 0) is 44.6 Å². The summed E-state index contributed by atoms with van der Waals surface area (Å²) < 4.78 is 0. The van der Waals surface area contributed by atoms with Gasteiger partial charge in [0.05, 0.1) is 24.8 Å². The lowest BCUT2D eigenvalue weighted by Crippen LogP contribution is -2.38. The summed E-state index contributed by atoms with van der Waals surface area (Å²) in [6.07, 6.45) is 9.98. The SMILES string of the molecule is CCCC(=NCN)C(CCC)=NCNC(CCC)C(CCC)CCN. The summed E-state index contributed by atoms with van der Waals surface area (Å²) in [7, 11) is 0. The second-order valence-electron chi connectivity index (χ2n) is 6.78. The molecule has 0 rings (SSSR count). The number of hydrogen-bond donors (Lipinski definition) is 3. The Bertz CT molecular complexity index is 359. The van der Waals surface area contributed by atoms with Gasteiger partial charge in [-0.3, -0.25) is 15.3 Å². The van der Waals surface area contributed by atoms with E-state index in [1.165, 1.54) is 25.7 Å². The van der Waals surface area contributed by atoms with Crippen LogP contribution in [0.25, 0.3) is 0 Å². The van der Waals surface area contributed by atoms with Crippen molar-refractivity contribution >= 4 is 11.4 Å². The van der Waals surface area contributed by atoms with Gasteiger partial charge in [0, 0.05) is 6.04 Å². The zero-order valence-electron chi connectivity index (χ0n) is 17.2. The fourth-order valence-corrected chi connectivity index (χ4v) is 3.42. The van der Waals surface area contributed by atoms with E-state index in [0.29, 0.717) is 25.3 Å². The quantitative estimate of drug-likeness (QED) is 0.368. The van der Waals surface area contributed by atoms with E-state index < -0.39 is 0 Å². The fourth-order valence-electron chi connectivity index (χ4n) is 3.42. The predicted octanol–water partition coefficient (Wildman–Crippen LogP) is 3.87. The van der Waals surface area contributed by atoms with Gasteiger partial charge in [0.1, 0.15) is 0 Å². The van der Waals surface area contributed by atoms with Crippen LogP contribution in [0.15, 0.2) is 9.98 Å². The molecular formula is C20H43N5. The molecule has 0 spiro atoms. The van der Waals surface area contributed by atoms with Gasteiger partial charge in [0.2, 0.25) is 0 Å². The first-order valence-electron chi connectivity index (χ1n) is 10.4. The van der Waals surface area contributed by atoms with Crippen molar-refractivity contribution in [1.82, 2.24) is 5.32 Å². The summed E-state index contributed by atoms with van der Waals surface area (Å²) in [6.45, 7) is 10.6. The molecule has 0 saturated carbocycles. The summed E-state index contributed by atoms with van der Waals surface area (Å²) in [4.78, 5) is 9.34. The van der Waals surface area contributed by atoms with Crippen LogP contribution in [-0.2, 0) is 0 Å². The van der Waals surface area contributed by atoms with Crippen molar-refractivity contribution < 1.29 is 0 Å². The van der Waals surface area contributed by atoms with E-state index in [4.69, 9.17) is 16.5 Å². The minimum atomic E-state index is 0.346. The van der Waals surface area contributed by atoms with Crippen molar-refractivity contribution in [2.24, 2.45) is 27.4 Å². The van der Waals surface area contributed by atoms with Gasteiger partial charge < -0.3 is 11.5 Å². The number of nitrogens with two attached hydrogens (primary N) is 2. The van der Waals surface area contributed by atoms with Gasteiger partial charge in [-0.1, -0.05) is 53.4 Å². The van der Waals surface area contributed by atoms with E-state index >= 15 is 0 Å². The van der Waals surface area contributed by atoms with Crippen LogP contribution in [0.1, 0.15) is 85.5 Å². The van der Waals surface area contributed by atoms with Crippen LogP contribution in [0.2, 0.25) is 0 Å². The highest BCUT2D eigenvalue weighted by molar-refractivity contribution is 6.42. The van der Waals surface area contributed by atoms with Gasteiger partial charge >= 0.3 is 0 Å². The minimum absolute atomic E-state index is 0.346. The number of hydrogen-bond acceptors (Lipinski definition) is 5. The smallest absolute Gasteiger partial charge is 0.0890 e. The summed E-state index contributed by atoms with van der Waals surface area (Å²) in [6, 6.07) is 0.501. The lowest BCUT2D eigenvalue weighted by Gasteiger charge is -2.27. The van der Waals surface area contributed by atoms with Crippen LogP contribution in [-0.4, -0.2) is 37.3 Å². The lowest BCUT2D eigenvalue weighted by molar-refractivity contribution is 0.302. The molecule has 2 unspecified atom stereocenters. The van der Waals surface area contributed by atoms with Gasteiger partial charge in [0.15, 0.2) is 0 Å². The Balaban J connectivity index is 5.00. The Labute approximate surface area is 156 Å². The molecule has 0 aliphatic carbocycles. The van der Waals surface area contributed by atoms with Crippen LogP contribution in [0.4, 0.5) is 0 Å². The van der Waals surface area contributed by atoms with E-state index in [1.54, 1.807) is 0 Å². The highest BCUT2D eigenvalue weighted by Gasteiger charge is 2.19. The summed E-state index contributed by atoms with van der Waals surface area (Å²) in [5.41, 5.74) is 13.7. The van der Waals surface area contributed by atoms with Crippen LogP contribution in [0.5, 0.6) is 0 Å². The Morgan fingerprint density at radius 2 is 1.40 bits per heavy atom. The van der Waals surface area contributed by atoms with Crippen LogP contribution in [0, 0.1) is 5.92 Å². The Hall–Kier alpha value is -0.780. The number of nitrogens with zero attached hydrogens (tertiary/aromatic N) is 2. The molecule has 0 bridgehead atoms. The van der Waals surface area contributed by atoms with Crippen LogP contribution in [0.3, 0.4) is 0 Å². The van der Waals surface area contributed by atoms with E-state index in [0.717, 1.165) is 50.1 Å². The molecule has 0 aromatic carbocycles. The normalized spacial score (nSPS) is 15.4. The van der Waals surface area contributed by atoms with Crippen molar-refractivity contribution in [2.75, 3.05) is 19.9 Å². The van der Waals surface area contributed by atoms with Gasteiger partial charge in [-0.15, -0.1) is 0 Å². The van der Waals surface area contributed by atoms with Crippen LogP contribution < -0.4 is 16.8 Å². The van der Waals surface area contributed by atoms with E-state index in [-0.39, 0.29) is 0 Å². The van der Waals surface area contributed by atoms with Crippen molar-refractivity contribution in [3.8, 4) is 0 Å². The summed E-state index contributed by atoms with van der Waals surface area (Å²) >= 11 is 0. The second-order valence-corrected chi connectivity index (χ2v) is 6.78. The monoisotopic (exact) mass is 353 g/mol. The van der Waals surface area contributed by atoms with Gasteiger partial charge in [-0.2, -0.15) is 0 Å². The third-order valence-corrected chi connectivity index (χ3v) is 4.58. The molecule has 148 valence electrons. The van der Waals surface area contributed by atoms with Crippen molar-refractivity contribution in [1.29, 1.82) is 0 Å². The molecule has 5 N–H and O–H groups in total. The molecule has 2 atom stereocenters. The molecule has 5 nitrogen and oxygen atoms in total. The largest absolute Gasteiger partial charge is 0.330 e. The lowest BCUT2D eigenvalue weighted by atomic mass is 9.89. The topological polar surface area (TPSA) is 88.8 Å².